The fourth-order valence-electron chi connectivity index (χ4n) is 9.45. The fraction of sp³-hybridized carbons (Fsp3) is 0. The van der Waals surface area contributed by atoms with Crippen molar-refractivity contribution in [2.24, 2.45) is 0 Å². The lowest BCUT2D eigenvalue weighted by Gasteiger charge is -2.14. The van der Waals surface area contributed by atoms with E-state index < -0.39 is 0 Å². The number of rotatable bonds is 3. The number of aromatic nitrogens is 4. The Labute approximate surface area is 330 Å². The van der Waals surface area contributed by atoms with Gasteiger partial charge in [0.25, 0.3) is 0 Å². The van der Waals surface area contributed by atoms with Crippen LogP contribution in [0, 0.1) is 0 Å². The molecule has 0 fully saturated rings. The van der Waals surface area contributed by atoms with Crippen LogP contribution >= 0.6 is 11.3 Å². The smallest absolute Gasteiger partial charge is 0.235 e. The Balaban J connectivity index is 1.14. The van der Waals surface area contributed by atoms with E-state index in [0.29, 0.717) is 5.95 Å². The van der Waals surface area contributed by atoms with Gasteiger partial charge in [0.05, 0.1) is 33.3 Å². The van der Waals surface area contributed by atoms with E-state index in [1.54, 1.807) is 0 Å². The van der Waals surface area contributed by atoms with Crippen LogP contribution in [0.4, 0.5) is 0 Å². The van der Waals surface area contributed by atoms with Crippen molar-refractivity contribution < 1.29 is 0 Å². The third-order valence-electron chi connectivity index (χ3n) is 11.9. The summed E-state index contributed by atoms with van der Waals surface area (Å²) >= 11 is 1.85. The van der Waals surface area contributed by atoms with Crippen LogP contribution in [0.15, 0.2) is 182 Å². The molecule has 4 nitrogen and oxygen atoms in total. The zero-order chi connectivity index (χ0) is 37.2. The van der Waals surface area contributed by atoms with Gasteiger partial charge in [-0.1, -0.05) is 127 Å². The van der Waals surface area contributed by atoms with Crippen LogP contribution in [-0.2, 0) is 0 Å². The van der Waals surface area contributed by atoms with Crippen molar-refractivity contribution in [1.82, 2.24) is 19.1 Å². The summed E-state index contributed by atoms with van der Waals surface area (Å²) < 4.78 is 7.20. The van der Waals surface area contributed by atoms with Crippen molar-refractivity contribution in [3.63, 3.8) is 0 Å². The highest BCUT2D eigenvalue weighted by atomic mass is 32.1. The molecule has 0 aliphatic carbocycles. The maximum absolute atomic E-state index is 5.63. The van der Waals surface area contributed by atoms with E-state index in [1.807, 2.05) is 11.3 Å². The molecule has 0 aliphatic rings. The third kappa shape index (κ3) is 4.32. The highest BCUT2D eigenvalue weighted by Gasteiger charge is 2.22. The van der Waals surface area contributed by atoms with Crippen LogP contribution in [-0.4, -0.2) is 19.1 Å². The first-order chi connectivity index (χ1) is 28.3. The molecular formula is C52H30N4S. The molecule has 57 heavy (non-hydrogen) atoms. The predicted molar refractivity (Wildman–Crippen MR) is 242 cm³/mol. The minimum absolute atomic E-state index is 0.658. The maximum Gasteiger partial charge on any atom is 0.235 e. The normalized spacial score (nSPS) is 12.2. The molecule has 0 aliphatic heterocycles. The molecule has 13 rings (SSSR count). The van der Waals surface area contributed by atoms with E-state index in [4.69, 9.17) is 9.97 Å². The van der Waals surface area contributed by atoms with Crippen LogP contribution in [0.3, 0.4) is 0 Å². The van der Waals surface area contributed by atoms with Gasteiger partial charge in [-0.05, 0) is 76.1 Å². The van der Waals surface area contributed by atoms with E-state index in [-0.39, 0.29) is 0 Å². The molecular weight excluding hydrogens is 713 g/mol. The number of hydrogen-bond donors (Lipinski definition) is 0. The van der Waals surface area contributed by atoms with Gasteiger partial charge >= 0.3 is 0 Å². The Morgan fingerprint density at radius 1 is 0.386 bits per heavy atom. The summed E-state index contributed by atoms with van der Waals surface area (Å²) in [5.41, 5.74) is 8.63. The molecule has 0 bridgehead atoms. The van der Waals surface area contributed by atoms with Crippen molar-refractivity contribution >= 4 is 108 Å². The van der Waals surface area contributed by atoms with Gasteiger partial charge in [0.15, 0.2) is 0 Å². The maximum atomic E-state index is 5.63. The molecule has 264 valence electrons. The summed E-state index contributed by atoms with van der Waals surface area (Å²) in [6.45, 7) is 0. The quantitative estimate of drug-likeness (QED) is 0.181. The van der Waals surface area contributed by atoms with Crippen LogP contribution in [0.5, 0.6) is 0 Å². The van der Waals surface area contributed by atoms with Crippen molar-refractivity contribution in [3.05, 3.63) is 182 Å². The average Bonchev–Trinajstić information content (AvgIpc) is 3.94. The minimum atomic E-state index is 0.658. The van der Waals surface area contributed by atoms with Gasteiger partial charge in [0.2, 0.25) is 5.95 Å². The zero-order valence-electron chi connectivity index (χ0n) is 30.5. The van der Waals surface area contributed by atoms with Gasteiger partial charge in [-0.25, -0.2) is 9.97 Å². The molecule has 9 aromatic carbocycles. The lowest BCUT2D eigenvalue weighted by atomic mass is 9.97. The second-order valence-electron chi connectivity index (χ2n) is 14.9. The average molecular weight is 743 g/mol. The first kappa shape index (κ1) is 30.9. The van der Waals surface area contributed by atoms with Gasteiger partial charge in [-0.2, -0.15) is 0 Å². The molecule has 4 aromatic heterocycles. The Bertz CT molecular complexity index is 3780. The summed E-state index contributed by atoms with van der Waals surface area (Å²) in [6, 6.07) is 65.8. The number of benzene rings is 9. The number of para-hydroxylation sites is 3. The van der Waals surface area contributed by atoms with Crippen molar-refractivity contribution in [2.45, 2.75) is 0 Å². The predicted octanol–water partition coefficient (Wildman–Crippen LogP) is 14.2. The summed E-state index contributed by atoms with van der Waals surface area (Å²) in [4.78, 5) is 11.0. The van der Waals surface area contributed by atoms with Gasteiger partial charge in [-0.3, -0.25) is 4.57 Å². The second-order valence-corrected chi connectivity index (χ2v) is 16.0. The Hall–Kier alpha value is -7.34. The van der Waals surface area contributed by atoms with Gasteiger partial charge < -0.3 is 4.57 Å². The lowest BCUT2D eigenvalue weighted by molar-refractivity contribution is 1.01. The largest absolute Gasteiger partial charge is 0.309 e. The van der Waals surface area contributed by atoms with Crippen LogP contribution in [0.1, 0.15) is 0 Å². The van der Waals surface area contributed by atoms with Gasteiger partial charge in [0.1, 0.15) is 0 Å². The number of hydrogen-bond acceptors (Lipinski definition) is 3. The molecule has 0 spiro atoms. The van der Waals surface area contributed by atoms with Crippen molar-refractivity contribution in [1.29, 1.82) is 0 Å². The zero-order valence-corrected chi connectivity index (χ0v) is 31.3. The molecule has 0 saturated heterocycles. The second kappa shape index (κ2) is 11.6. The number of thiophene rings is 1. The van der Waals surface area contributed by atoms with Crippen LogP contribution < -0.4 is 0 Å². The molecule has 0 unspecified atom stereocenters. The lowest BCUT2D eigenvalue weighted by Crippen LogP contribution is -2.03. The van der Waals surface area contributed by atoms with E-state index in [1.165, 1.54) is 68.9 Å². The van der Waals surface area contributed by atoms with Crippen molar-refractivity contribution in [2.75, 3.05) is 0 Å². The molecule has 0 atom stereocenters. The fourth-order valence-corrected chi connectivity index (χ4v) is 10.7. The van der Waals surface area contributed by atoms with E-state index >= 15 is 0 Å². The molecule has 13 aromatic rings. The molecule has 5 heteroatoms. The highest BCUT2D eigenvalue weighted by Crippen LogP contribution is 2.46. The molecule has 4 heterocycles. The monoisotopic (exact) mass is 742 g/mol. The molecule has 0 N–H and O–H groups in total. The van der Waals surface area contributed by atoms with Gasteiger partial charge in [0, 0.05) is 58.4 Å². The molecule has 0 radical (unpaired) electrons. The standard InChI is InChI=1S/C52H30N4S/c1-3-15-34-31(13-1)25-27-46-48(34)40-30-33(55-43-22-10-6-17-36(43)37-18-7-11-23-44(37)55)26-28-45(40)56(46)52-53-42-21-9-5-19-38(42)50(54-52)41-29-32-14-2-4-16-35(32)49-39-20-8-12-24-47(39)57-51(41)49/h1-30H. The third-order valence-corrected chi connectivity index (χ3v) is 13.1. The van der Waals surface area contributed by atoms with Crippen LogP contribution in [0.2, 0.25) is 0 Å². The first-order valence-electron chi connectivity index (χ1n) is 19.3. The van der Waals surface area contributed by atoms with E-state index in [2.05, 4.69) is 191 Å². The van der Waals surface area contributed by atoms with Crippen LogP contribution in [0.25, 0.3) is 119 Å². The van der Waals surface area contributed by atoms with Gasteiger partial charge in [-0.15, -0.1) is 11.3 Å². The summed E-state index contributed by atoms with van der Waals surface area (Å²) in [5.74, 6) is 0.658. The van der Waals surface area contributed by atoms with E-state index in [0.717, 1.165) is 44.3 Å². The first-order valence-corrected chi connectivity index (χ1v) is 20.2. The van der Waals surface area contributed by atoms with E-state index in [9.17, 15) is 0 Å². The summed E-state index contributed by atoms with van der Waals surface area (Å²) in [7, 11) is 0. The van der Waals surface area contributed by atoms with Crippen molar-refractivity contribution in [3.8, 4) is 22.9 Å². The molecule has 0 amide bonds. The highest BCUT2D eigenvalue weighted by molar-refractivity contribution is 7.26. The summed E-state index contributed by atoms with van der Waals surface area (Å²) in [6.07, 6.45) is 0. The summed E-state index contributed by atoms with van der Waals surface area (Å²) in [5, 5.41) is 13.3. The Kier molecular flexibility index (Phi) is 6.29. The number of nitrogens with zero attached hydrogens (tertiary/aromatic N) is 4. The minimum Gasteiger partial charge on any atom is -0.309 e. The number of fused-ring (bicyclic) bond motifs is 14. The Morgan fingerprint density at radius 2 is 0.982 bits per heavy atom. The topological polar surface area (TPSA) is 35.6 Å². The molecule has 0 saturated carbocycles. The Morgan fingerprint density at radius 3 is 1.77 bits per heavy atom. The SMILES string of the molecule is c1ccc2c(c1)cc(-c1nc(-n3c4ccc(-n5c6ccccc6c6ccccc65)cc4c4c5ccccc5ccc43)nc3ccccc13)c1sc3ccccc3c12.